The number of carbonyl (C=O) groups is 1. The first kappa shape index (κ1) is 13.7. The third-order valence-electron chi connectivity index (χ3n) is 4.16. The molecule has 0 bridgehead atoms. The van der Waals surface area contributed by atoms with Crippen molar-refractivity contribution >= 4 is 5.91 Å². The molecule has 1 atom stereocenters. The molecule has 1 aliphatic carbocycles. The Hall–Kier alpha value is -2.29. The van der Waals surface area contributed by atoms with E-state index in [9.17, 15) is 9.90 Å². The molecule has 0 aliphatic heterocycles. The molecule has 21 heavy (non-hydrogen) atoms. The molecular formula is C18H19NO2. The lowest BCUT2D eigenvalue weighted by Crippen LogP contribution is -2.31. The number of aryl methyl sites for hydroxylation is 2. The number of fused-ring (bicyclic) bond motifs is 1. The SMILES string of the molecule is Cc1cccc(C(=O)N[C@@H]2CCCc3ccccc32)c1O. The van der Waals surface area contributed by atoms with Crippen molar-refractivity contribution in [3.8, 4) is 5.75 Å². The van der Waals surface area contributed by atoms with Gasteiger partial charge in [-0.25, -0.2) is 0 Å². The highest BCUT2D eigenvalue weighted by Crippen LogP contribution is 2.30. The van der Waals surface area contributed by atoms with Gasteiger partial charge >= 0.3 is 0 Å². The van der Waals surface area contributed by atoms with Gasteiger partial charge in [-0.2, -0.15) is 0 Å². The van der Waals surface area contributed by atoms with Crippen LogP contribution in [-0.2, 0) is 6.42 Å². The minimum atomic E-state index is -0.210. The van der Waals surface area contributed by atoms with Crippen molar-refractivity contribution in [2.24, 2.45) is 0 Å². The second kappa shape index (κ2) is 5.60. The predicted octanol–water partition coefficient (Wildman–Crippen LogP) is 3.51. The summed E-state index contributed by atoms with van der Waals surface area (Å²) in [5.74, 6) is -0.142. The van der Waals surface area contributed by atoms with Crippen LogP contribution in [0, 0.1) is 6.92 Å². The molecule has 3 nitrogen and oxygen atoms in total. The van der Waals surface area contributed by atoms with E-state index in [1.165, 1.54) is 11.1 Å². The summed E-state index contributed by atoms with van der Waals surface area (Å²) in [7, 11) is 0. The fourth-order valence-corrected chi connectivity index (χ4v) is 2.98. The quantitative estimate of drug-likeness (QED) is 0.885. The average Bonchev–Trinajstić information content (AvgIpc) is 2.50. The largest absolute Gasteiger partial charge is 0.507 e. The predicted molar refractivity (Wildman–Crippen MR) is 82.4 cm³/mol. The van der Waals surface area contributed by atoms with Crippen molar-refractivity contribution in [1.82, 2.24) is 5.32 Å². The molecule has 0 saturated carbocycles. The van der Waals surface area contributed by atoms with Crippen molar-refractivity contribution in [2.75, 3.05) is 0 Å². The molecule has 1 amide bonds. The lowest BCUT2D eigenvalue weighted by atomic mass is 9.87. The smallest absolute Gasteiger partial charge is 0.255 e. The van der Waals surface area contributed by atoms with Gasteiger partial charge in [0.15, 0.2) is 0 Å². The molecule has 0 spiro atoms. The third-order valence-corrected chi connectivity index (χ3v) is 4.16. The number of rotatable bonds is 2. The van der Waals surface area contributed by atoms with Gasteiger partial charge in [0.2, 0.25) is 0 Å². The van der Waals surface area contributed by atoms with Crippen LogP contribution < -0.4 is 5.32 Å². The minimum absolute atomic E-state index is 0.0300. The van der Waals surface area contributed by atoms with Crippen LogP contribution in [0.5, 0.6) is 5.75 Å². The maximum Gasteiger partial charge on any atom is 0.255 e. The first-order chi connectivity index (χ1) is 10.2. The zero-order valence-corrected chi connectivity index (χ0v) is 12.1. The highest BCUT2D eigenvalue weighted by atomic mass is 16.3. The van der Waals surface area contributed by atoms with Crippen LogP contribution >= 0.6 is 0 Å². The lowest BCUT2D eigenvalue weighted by molar-refractivity contribution is 0.0930. The van der Waals surface area contributed by atoms with Crippen LogP contribution in [-0.4, -0.2) is 11.0 Å². The van der Waals surface area contributed by atoms with Gasteiger partial charge in [-0.3, -0.25) is 4.79 Å². The van der Waals surface area contributed by atoms with Gasteiger partial charge in [0.25, 0.3) is 5.91 Å². The van der Waals surface area contributed by atoms with Gasteiger partial charge in [-0.1, -0.05) is 36.4 Å². The standard InChI is InChI=1S/C18H19NO2/c1-12-6-4-10-15(17(12)20)18(21)19-16-11-5-8-13-7-2-3-9-14(13)16/h2-4,6-7,9-10,16,20H,5,8,11H2,1H3,(H,19,21)/t16-/m1/s1. The van der Waals surface area contributed by atoms with Crippen LogP contribution in [0.2, 0.25) is 0 Å². The highest BCUT2D eigenvalue weighted by molar-refractivity contribution is 5.97. The second-order valence-corrected chi connectivity index (χ2v) is 5.59. The molecule has 2 aromatic rings. The van der Waals surface area contributed by atoms with Gasteiger partial charge in [0, 0.05) is 0 Å². The molecule has 0 fully saturated rings. The number of hydrogen-bond acceptors (Lipinski definition) is 2. The summed E-state index contributed by atoms with van der Waals surface area (Å²) in [6, 6.07) is 13.5. The molecule has 2 aromatic carbocycles. The van der Waals surface area contributed by atoms with Crippen LogP contribution in [0.3, 0.4) is 0 Å². The van der Waals surface area contributed by atoms with Gasteiger partial charge in [-0.15, -0.1) is 0 Å². The average molecular weight is 281 g/mol. The van der Waals surface area contributed by atoms with Crippen LogP contribution in [0.1, 0.15) is 45.9 Å². The monoisotopic (exact) mass is 281 g/mol. The number of carbonyl (C=O) groups excluding carboxylic acids is 1. The summed E-state index contributed by atoms with van der Waals surface area (Å²) in [6.45, 7) is 1.79. The van der Waals surface area contributed by atoms with E-state index in [2.05, 4.69) is 17.4 Å². The maximum atomic E-state index is 12.4. The molecule has 108 valence electrons. The van der Waals surface area contributed by atoms with Gasteiger partial charge in [-0.05, 0) is 48.9 Å². The zero-order chi connectivity index (χ0) is 14.8. The van der Waals surface area contributed by atoms with E-state index in [4.69, 9.17) is 0 Å². The molecule has 3 heteroatoms. The maximum absolute atomic E-state index is 12.4. The molecule has 0 aromatic heterocycles. The number of para-hydroxylation sites is 1. The Morgan fingerprint density at radius 2 is 2.00 bits per heavy atom. The summed E-state index contributed by atoms with van der Waals surface area (Å²) in [6.07, 6.45) is 3.08. The van der Waals surface area contributed by atoms with Gasteiger partial charge in [0.05, 0.1) is 11.6 Å². The molecule has 0 saturated heterocycles. The topological polar surface area (TPSA) is 49.3 Å². The van der Waals surface area contributed by atoms with Crippen LogP contribution in [0.25, 0.3) is 0 Å². The van der Waals surface area contributed by atoms with E-state index in [1.807, 2.05) is 12.1 Å². The normalized spacial score (nSPS) is 17.1. The Morgan fingerprint density at radius 1 is 1.19 bits per heavy atom. The zero-order valence-electron chi connectivity index (χ0n) is 12.1. The number of nitrogens with one attached hydrogen (secondary N) is 1. The molecular weight excluding hydrogens is 262 g/mol. The summed E-state index contributed by atoms with van der Waals surface area (Å²) in [4.78, 5) is 12.4. The lowest BCUT2D eigenvalue weighted by Gasteiger charge is -2.26. The van der Waals surface area contributed by atoms with Crippen LogP contribution in [0.4, 0.5) is 0 Å². The molecule has 3 rings (SSSR count). The van der Waals surface area contributed by atoms with E-state index >= 15 is 0 Å². The summed E-state index contributed by atoms with van der Waals surface area (Å²) in [5, 5.41) is 13.1. The van der Waals surface area contributed by atoms with E-state index in [0.29, 0.717) is 11.1 Å². The fraction of sp³-hybridized carbons (Fsp3) is 0.278. The van der Waals surface area contributed by atoms with Crippen molar-refractivity contribution in [3.63, 3.8) is 0 Å². The second-order valence-electron chi connectivity index (χ2n) is 5.59. The molecule has 0 unspecified atom stereocenters. The number of hydrogen-bond donors (Lipinski definition) is 2. The van der Waals surface area contributed by atoms with Crippen molar-refractivity contribution in [1.29, 1.82) is 0 Å². The molecule has 0 heterocycles. The van der Waals surface area contributed by atoms with Crippen molar-refractivity contribution in [3.05, 3.63) is 64.7 Å². The fourth-order valence-electron chi connectivity index (χ4n) is 2.98. The number of phenols is 1. The van der Waals surface area contributed by atoms with Crippen LogP contribution in [0.15, 0.2) is 42.5 Å². The van der Waals surface area contributed by atoms with Crippen molar-refractivity contribution < 1.29 is 9.90 Å². The Morgan fingerprint density at radius 3 is 2.86 bits per heavy atom. The summed E-state index contributed by atoms with van der Waals surface area (Å²) >= 11 is 0. The first-order valence-electron chi connectivity index (χ1n) is 7.34. The summed E-state index contributed by atoms with van der Waals surface area (Å²) < 4.78 is 0. The van der Waals surface area contributed by atoms with Crippen molar-refractivity contribution in [2.45, 2.75) is 32.2 Å². The third kappa shape index (κ3) is 2.64. The number of phenolic OH excluding ortho intramolecular Hbond substituents is 1. The molecule has 1 aliphatic rings. The number of aromatic hydroxyl groups is 1. The van der Waals surface area contributed by atoms with Gasteiger partial charge < -0.3 is 10.4 Å². The van der Waals surface area contributed by atoms with Gasteiger partial charge in [0.1, 0.15) is 5.75 Å². The van der Waals surface area contributed by atoms with E-state index in [1.54, 1.807) is 25.1 Å². The summed E-state index contributed by atoms with van der Waals surface area (Å²) in [5.41, 5.74) is 3.57. The Labute approximate surface area is 124 Å². The highest BCUT2D eigenvalue weighted by Gasteiger charge is 2.23. The Balaban J connectivity index is 1.85. The van der Waals surface area contributed by atoms with E-state index in [0.717, 1.165) is 19.3 Å². The number of benzene rings is 2. The minimum Gasteiger partial charge on any atom is -0.507 e. The molecule has 0 radical (unpaired) electrons. The molecule has 2 N–H and O–H groups in total. The van der Waals surface area contributed by atoms with E-state index < -0.39 is 0 Å². The first-order valence-corrected chi connectivity index (χ1v) is 7.34. The Kier molecular flexibility index (Phi) is 3.65. The Bertz CT molecular complexity index is 679. The van der Waals surface area contributed by atoms with E-state index in [-0.39, 0.29) is 17.7 Å². The number of amides is 1.